The largest absolute Gasteiger partial charge is 0.478 e. The number of allylic oxidation sites excluding steroid dienone is 8. The van der Waals surface area contributed by atoms with Gasteiger partial charge in [0.05, 0.1) is 6.10 Å². The van der Waals surface area contributed by atoms with E-state index < -0.39 is 22.6 Å². The van der Waals surface area contributed by atoms with Crippen LogP contribution in [0.15, 0.2) is 59.3 Å². The molecule has 0 aliphatic heterocycles. The second-order valence-corrected chi connectivity index (χ2v) is 23.0. The lowest BCUT2D eigenvalue weighted by molar-refractivity contribution is -0.131. The Morgan fingerprint density at radius 1 is 0.811 bits per heavy atom. The Kier molecular flexibility index (Phi) is 14.0. The zero-order valence-electron chi connectivity index (χ0n) is 26.3. The van der Waals surface area contributed by atoms with Crippen LogP contribution in [0.5, 0.6) is 0 Å². The van der Waals surface area contributed by atoms with Crippen LogP contribution in [0.2, 0.25) is 36.3 Å². The van der Waals surface area contributed by atoms with Gasteiger partial charge in [-0.1, -0.05) is 94.7 Å². The maximum atomic E-state index is 10.7. The number of rotatable bonds is 13. The molecule has 0 aromatic rings. The molecule has 0 saturated carbocycles. The standard InChI is InChI=1S/C31H56O4Si2/c1-24(16-15-17-25(2)22-26(3)19-21-29(32)33)18-20-28(35-37(13,14)31(8,9)10)23-27(4)34-36(11,12)30(5,6)7/h15-19,21-22,27-28H,20,23H2,1-14H3,(H,32,33)/b16-15+,21-19+,24-18+,25-17+,26-22+/t27-,28-/m0/s1. The van der Waals surface area contributed by atoms with Crippen LogP contribution >= 0.6 is 0 Å². The minimum atomic E-state index is -1.92. The first-order chi connectivity index (χ1) is 16.6. The van der Waals surface area contributed by atoms with E-state index in [4.69, 9.17) is 14.0 Å². The second-order valence-electron chi connectivity index (χ2n) is 13.4. The summed E-state index contributed by atoms with van der Waals surface area (Å²) in [7, 11) is -3.76. The molecule has 0 spiro atoms. The third-order valence-corrected chi connectivity index (χ3v) is 16.7. The molecule has 0 saturated heterocycles. The molecule has 0 aliphatic carbocycles. The van der Waals surface area contributed by atoms with Crippen molar-refractivity contribution < 1.29 is 18.8 Å². The highest BCUT2D eigenvalue weighted by atomic mass is 28.4. The van der Waals surface area contributed by atoms with Crippen LogP contribution in [-0.2, 0) is 13.6 Å². The number of aliphatic carboxylic acids is 1. The Bertz CT molecular complexity index is 891. The molecule has 4 nitrogen and oxygen atoms in total. The number of hydrogen-bond acceptors (Lipinski definition) is 3. The summed E-state index contributed by atoms with van der Waals surface area (Å²) in [4.78, 5) is 10.7. The van der Waals surface area contributed by atoms with Crippen molar-refractivity contribution in [2.75, 3.05) is 0 Å². The van der Waals surface area contributed by atoms with Crippen molar-refractivity contribution in [2.24, 2.45) is 0 Å². The van der Waals surface area contributed by atoms with Gasteiger partial charge < -0.3 is 14.0 Å². The van der Waals surface area contributed by atoms with Crippen molar-refractivity contribution in [3.63, 3.8) is 0 Å². The van der Waals surface area contributed by atoms with Crippen LogP contribution in [0.4, 0.5) is 0 Å². The third kappa shape index (κ3) is 14.3. The molecule has 0 radical (unpaired) electrons. The van der Waals surface area contributed by atoms with E-state index in [-0.39, 0.29) is 22.3 Å². The average Bonchev–Trinajstić information content (AvgIpc) is 2.68. The van der Waals surface area contributed by atoms with E-state index in [0.29, 0.717) is 0 Å². The van der Waals surface area contributed by atoms with Crippen molar-refractivity contribution in [1.82, 2.24) is 0 Å². The maximum Gasteiger partial charge on any atom is 0.328 e. The fourth-order valence-electron chi connectivity index (χ4n) is 3.28. The summed E-state index contributed by atoms with van der Waals surface area (Å²) in [5, 5.41) is 9.10. The van der Waals surface area contributed by atoms with Crippen LogP contribution in [0.3, 0.4) is 0 Å². The molecular weight excluding hydrogens is 493 g/mol. The SMILES string of the molecule is CC(=C\C=C\C(C)=C\C[C@@H](C[C@H](C)O[Si](C)(C)C(C)(C)C)O[Si](C)(C)C(C)(C)C)/C=C(C)/C=C/C(=O)O. The fraction of sp³-hybridized carbons (Fsp3) is 0.645. The zero-order valence-corrected chi connectivity index (χ0v) is 28.3. The smallest absolute Gasteiger partial charge is 0.328 e. The van der Waals surface area contributed by atoms with Crippen LogP contribution in [-0.4, -0.2) is 39.9 Å². The van der Waals surface area contributed by atoms with Gasteiger partial charge >= 0.3 is 5.97 Å². The summed E-state index contributed by atoms with van der Waals surface area (Å²) in [6, 6.07) is 0. The highest BCUT2D eigenvalue weighted by Gasteiger charge is 2.41. The van der Waals surface area contributed by atoms with Crippen molar-refractivity contribution in [2.45, 2.75) is 131 Å². The molecule has 0 aliphatic rings. The Balaban J connectivity index is 5.57. The molecule has 212 valence electrons. The van der Waals surface area contributed by atoms with E-state index in [0.717, 1.165) is 30.1 Å². The van der Waals surface area contributed by atoms with Gasteiger partial charge in [-0.2, -0.15) is 0 Å². The van der Waals surface area contributed by atoms with Crippen LogP contribution < -0.4 is 0 Å². The third-order valence-electron chi connectivity index (χ3n) is 7.53. The highest BCUT2D eigenvalue weighted by molar-refractivity contribution is 6.74. The molecule has 0 heterocycles. The Labute approximate surface area is 230 Å². The van der Waals surface area contributed by atoms with Gasteiger partial charge in [0, 0.05) is 12.2 Å². The number of carboxylic acids is 1. The van der Waals surface area contributed by atoms with E-state index in [1.165, 1.54) is 5.57 Å². The van der Waals surface area contributed by atoms with Crippen molar-refractivity contribution in [3.8, 4) is 0 Å². The van der Waals surface area contributed by atoms with E-state index in [2.05, 4.69) is 93.7 Å². The van der Waals surface area contributed by atoms with Crippen molar-refractivity contribution in [3.05, 3.63) is 59.3 Å². The molecule has 37 heavy (non-hydrogen) atoms. The van der Waals surface area contributed by atoms with Gasteiger partial charge in [0.15, 0.2) is 16.6 Å². The van der Waals surface area contributed by atoms with Crippen molar-refractivity contribution in [1.29, 1.82) is 0 Å². The zero-order chi connectivity index (χ0) is 29.2. The van der Waals surface area contributed by atoms with Gasteiger partial charge in [0.2, 0.25) is 0 Å². The maximum absolute atomic E-state index is 10.7. The molecule has 0 aromatic carbocycles. The van der Waals surface area contributed by atoms with Crippen LogP contribution in [0.1, 0.15) is 82.1 Å². The second kappa shape index (κ2) is 14.6. The highest BCUT2D eigenvalue weighted by Crippen LogP contribution is 2.40. The molecule has 0 amide bonds. The Morgan fingerprint density at radius 3 is 1.81 bits per heavy atom. The molecule has 0 bridgehead atoms. The minimum absolute atomic E-state index is 0.118. The van der Waals surface area contributed by atoms with E-state index in [1.807, 2.05) is 32.1 Å². The molecular formula is C31H56O4Si2. The first kappa shape index (κ1) is 35.5. The monoisotopic (exact) mass is 548 g/mol. The summed E-state index contributed by atoms with van der Waals surface area (Å²) >= 11 is 0. The average molecular weight is 549 g/mol. The summed E-state index contributed by atoms with van der Waals surface area (Å²) in [5.41, 5.74) is 3.15. The molecule has 0 unspecified atom stereocenters. The Morgan fingerprint density at radius 2 is 1.32 bits per heavy atom. The van der Waals surface area contributed by atoms with Gasteiger partial charge in [0.1, 0.15) is 0 Å². The number of carboxylic acid groups (broad SMARTS) is 1. The summed E-state index contributed by atoms with van der Waals surface area (Å²) in [6.07, 6.45) is 15.2. The van der Waals surface area contributed by atoms with Crippen LogP contribution in [0, 0.1) is 0 Å². The van der Waals surface area contributed by atoms with Gasteiger partial charge in [-0.05, 0) is 76.8 Å². The molecule has 2 atom stereocenters. The molecule has 1 N–H and O–H groups in total. The molecule has 0 rings (SSSR count). The topological polar surface area (TPSA) is 55.8 Å². The summed E-state index contributed by atoms with van der Waals surface area (Å²) < 4.78 is 13.6. The van der Waals surface area contributed by atoms with Crippen LogP contribution in [0.25, 0.3) is 0 Å². The molecule has 0 fully saturated rings. The Hall–Kier alpha value is -1.48. The lowest BCUT2D eigenvalue weighted by Gasteiger charge is -2.42. The van der Waals surface area contributed by atoms with Gasteiger partial charge in [0.25, 0.3) is 0 Å². The lowest BCUT2D eigenvalue weighted by atomic mass is 10.1. The van der Waals surface area contributed by atoms with Gasteiger partial charge in [-0.15, -0.1) is 0 Å². The predicted molar refractivity (Wildman–Crippen MR) is 166 cm³/mol. The normalized spacial score (nSPS) is 17.1. The van der Waals surface area contributed by atoms with E-state index in [9.17, 15) is 4.79 Å². The van der Waals surface area contributed by atoms with E-state index >= 15 is 0 Å². The van der Waals surface area contributed by atoms with Gasteiger partial charge in [-0.25, -0.2) is 4.79 Å². The number of carbonyl (C=O) groups is 1. The van der Waals surface area contributed by atoms with Crippen molar-refractivity contribution >= 4 is 22.6 Å². The fourth-order valence-corrected chi connectivity index (χ4v) is 6.11. The number of hydrogen-bond donors (Lipinski definition) is 1. The van der Waals surface area contributed by atoms with E-state index in [1.54, 1.807) is 6.08 Å². The van der Waals surface area contributed by atoms with Gasteiger partial charge in [-0.3, -0.25) is 0 Å². The minimum Gasteiger partial charge on any atom is -0.478 e. The quantitative estimate of drug-likeness (QED) is 0.141. The summed E-state index contributed by atoms with van der Waals surface area (Å²) in [5.74, 6) is -0.938. The first-order valence-corrected chi connectivity index (χ1v) is 19.4. The predicted octanol–water partition coefficient (Wildman–Crippen LogP) is 9.60. The molecule has 6 heteroatoms. The summed E-state index contributed by atoms with van der Waals surface area (Å²) in [6.45, 7) is 31.2. The first-order valence-electron chi connectivity index (χ1n) is 13.5. The lowest BCUT2D eigenvalue weighted by Crippen LogP contribution is -2.46. The molecule has 0 aromatic heterocycles.